The first-order valence-electron chi connectivity index (χ1n) is 6.73. The normalized spacial score (nSPS) is 11.0. The summed E-state index contributed by atoms with van der Waals surface area (Å²) in [6.45, 7) is 0. The smallest absolute Gasteiger partial charge is 0.505 e. The fraction of sp³-hybridized carbons (Fsp3) is 0.0952. The molecule has 0 heterocycles. The summed E-state index contributed by atoms with van der Waals surface area (Å²) in [7, 11) is 1.72. The number of benzene rings is 2. The summed E-state index contributed by atoms with van der Waals surface area (Å²) >= 11 is 0. The van der Waals surface area contributed by atoms with E-state index in [0.717, 1.165) is 12.2 Å². The van der Waals surface area contributed by atoms with E-state index < -0.39 is 0 Å². The van der Waals surface area contributed by atoms with Gasteiger partial charge in [-0.15, -0.1) is 40.8 Å². The van der Waals surface area contributed by atoms with Crippen LogP contribution in [-0.2, 0) is 26.2 Å². The summed E-state index contributed by atoms with van der Waals surface area (Å²) in [5.41, 5.74) is 0. The van der Waals surface area contributed by atoms with Gasteiger partial charge in [0.05, 0.1) is 12.9 Å². The van der Waals surface area contributed by atoms with Crippen LogP contribution in [0.5, 0.6) is 5.75 Å². The average Bonchev–Trinajstić information content (AvgIpc) is 3.17. The molecule has 4 rings (SSSR count). The van der Waals surface area contributed by atoms with Crippen molar-refractivity contribution in [2.24, 2.45) is 0 Å². The molecule has 1 nitrogen and oxygen atoms in total. The third kappa shape index (κ3) is 4.72. The van der Waals surface area contributed by atoms with Gasteiger partial charge in [-0.3, -0.25) is 6.08 Å². The molecule has 0 aromatic heterocycles. The quantitative estimate of drug-likeness (QED) is 0.475. The van der Waals surface area contributed by atoms with E-state index in [0.29, 0.717) is 0 Å². The van der Waals surface area contributed by atoms with Gasteiger partial charge in [0.1, 0.15) is 0 Å². The van der Waals surface area contributed by atoms with Gasteiger partial charge in [0, 0.05) is 0 Å². The molecule has 0 N–H and O–H groups in total. The standard InChI is InChI=1S/C14H11O.C5H5.2CH3.Zr/c1-15-13-8-4-6-11-9-10-5-2-3-7-12(10)14(11)13;1-2-4-5-3-1;;;/h2-9H,1H3;1-3H,4H2;2*1H3;/q4*-1;+4. The topological polar surface area (TPSA) is 9.23 Å². The summed E-state index contributed by atoms with van der Waals surface area (Å²) in [5.74, 6) is 0.952. The van der Waals surface area contributed by atoms with Gasteiger partial charge in [-0.05, 0) is 6.07 Å². The van der Waals surface area contributed by atoms with Crippen molar-refractivity contribution in [1.29, 1.82) is 0 Å². The van der Waals surface area contributed by atoms with Gasteiger partial charge in [0.25, 0.3) is 0 Å². The second-order valence-corrected chi connectivity index (χ2v) is 4.66. The second kappa shape index (κ2) is 10.3. The first-order valence-corrected chi connectivity index (χ1v) is 6.73. The van der Waals surface area contributed by atoms with Gasteiger partial charge in [0.2, 0.25) is 0 Å². The Morgan fingerprint density at radius 3 is 2.35 bits per heavy atom. The molecule has 0 bridgehead atoms. The van der Waals surface area contributed by atoms with Crippen LogP contribution in [0.15, 0.2) is 66.8 Å². The van der Waals surface area contributed by atoms with Crippen LogP contribution < -0.4 is 4.74 Å². The van der Waals surface area contributed by atoms with E-state index in [1.807, 2.05) is 24.3 Å². The average molecular weight is 382 g/mol. The molecule has 0 aliphatic heterocycles. The Kier molecular flexibility index (Phi) is 9.60. The van der Waals surface area contributed by atoms with Crippen molar-refractivity contribution in [3.8, 4) is 5.75 Å². The van der Waals surface area contributed by atoms with Crippen molar-refractivity contribution in [3.05, 3.63) is 87.7 Å². The zero-order valence-electron chi connectivity index (χ0n) is 14.0. The first kappa shape index (κ1) is 21.5. The maximum absolute atomic E-state index is 5.39. The van der Waals surface area contributed by atoms with Crippen molar-refractivity contribution in [3.63, 3.8) is 0 Å². The number of hydrogen-bond acceptors (Lipinski definition) is 1. The number of hydrogen-bond donors (Lipinski definition) is 0. The van der Waals surface area contributed by atoms with Crippen molar-refractivity contribution in [1.82, 2.24) is 0 Å². The Morgan fingerprint density at radius 2 is 1.74 bits per heavy atom. The van der Waals surface area contributed by atoms with E-state index in [9.17, 15) is 0 Å². The summed E-state index contributed by atoms with van der Waals surface area (Å²) in [6.07, 6.45) is 10.0. The zero-order chi connectivity index (χ0) is 13.8. The van der Waals surface area contributed by atoms with E-state index in [1.165, 1.54) is 21.5 Å². The van der Waals surface area contributed by atoms with E-state index in [1.54, 1.807) is 7.11 Å². The van der Waals surface area contributed by atoms with Crippen LogP contribution in [0.2, 0.25) is 0 Å². The Balaban J connectivity index is 0.000000529. The number of rotatable bonds is 1. The van der Waals surface area contributed by atoms with Crippen LogP contribution >= 0.6 is 0 Å². The number of methoxy groups -OCH3 is 1. The monoisotopic (exact) mass is 380 g/mol. The van der Waals surface area contributed by atoms with Gasteiger partial charge in [0.15, 0.2) is 0 Å². The van der Waals surface area contributed by atoms with Crippen LogP contribution in [0.1, 0.15) is 6.42 Å². The zero-order valence-corrected chi connectivity index (χ0v) is 16.4. The molecule has 0 unspecified atom stereocenters. The molecule has 23 heavy (non-hydrogen) atoms. The van der Waals surface area contributed by atoms with Crippen molar-refractivity contribution >= 4 is 21.5 Å². The third-order valence-electron chi connectivity index (χ3n) is 3.41. The van der Waals surface area contributed by atoms with Crippen molar-refractivity contribution < 1.29 is 30.9 Å². The Morgan fingerprint density at radius 1 is 1.00 bits per heavy atom. The molecule has 1 aliphatic rings. The fourth-order valence-corrected chi connectivity index (χ4v) is 2.48. The Labute approximate surface area is 159 Å². The minimum atomic E-state index is 0. The molecule has 0 atom stereocenters. The molecule has 0 radical (unpaired) electrons. The van der Waals surface area contributed by atoms with Crippen molar-refractivity contribution in [2.75, 3.05) is 7.11 Å². The van der Waals surface area contributed by atoms with Crippen LogP contribution in [0.4, 0.5) is 0 Å². The summed E-state index contributed by atoms with van der Waals surface area (Å²) in [6, 6.07) is 16.8. The molecular weight excluding hydrogens is 359 g/mol. The molecule has 3 aromatic rings. The largest absolute Gasteiger partial charge is 4.00 e. The van der Waals surface area contributed by atoms with E-state index in [2.05, 4.69) is 48.6 Å². The molecular formula is C21H22OZr. The predicted molar refractivity (Wildman–Crippen MR) is 98.0 cm³/mol. The Hall–Kier alpha value is -1.53. The second-order valence-electron chi connectivity index (χ2n) is 4.66. The van der Waals surface area contributed by atoms with Gasteiger partial charge < -0.3 is 19.6 Å². The molecule has 1 aliphatic carbocycles. The minimum absolute atomic E-state index is 0. The molecule has 2 heteroatoms. The van der Waals surface area contributed by atoms with E-state index in [-0.39, 0.29) is 41.1 Å². The summed E-state index contributed by atoms with van der Waals surface area (Å²) in [5, 5.41) is 5.01. The molecule has 116 valence electrons. The van der Waals surface area contributed by atoms with Gasteiger partial charge in [-0.1, -0.05) is 29.7 Å². The number of fused-ring (bicyclic) bond motifs is 3. The number of ether oxygens (including phenoxy) is 1. The van der Waals surface area contributed by atoms with Crippen LogP contribution in [0, 0.1) is 20.9 Å². The van der Waals surface area contributed by atoms with Crippen LogP contribution in [0.3, 0.4) is 0 Å². The maximum Gasteiger partial charge on any atom is 4.00 e. The minimum Gasteiger partial charge on any atom is -0.505 e. The van der Waals surface area contributed by atoms with Crippen LogP contribution in [0.25, 0.3) is 21.5 Å². The first-order chi connectivity index (χ1) is 9.90. The molecule has 0 saturated heterocycles. The number of allylic oxidation sites excluding steroid dienone is 4. The summed E-state index contributed by atoms with van der Waals surface area (Å²) < 4.78 is 5.39. The maximum atomic E-state index is 5.39. The van der Waals surface area contributed by atoms with Crippen LogP contribution in [-0.4, -0.2) is 7.11 Å². The predicted octanol–water partition coefficient (Wildman–Crippen LogP) is 5.92. The van der Waals surface area contributed by atoms with Gasteiger partial charge in [-0.2, -0.15) is 6.08 Å². The van der Waals surface area contributed by atoms with Gasteiger partial charge in [-0.25, -0.2) is 12.2 Å². The summed E-state index contributed by atoms with van der Waals surface area (Å²) in [4.78, 5) is 0. The van der Waals surface area contributed by atoms with E-state index in [4.69, 9.17) is 4.74 Å². The third-order valence-corrected chi connectivity index (χ3v) is 3.41. The van der Waals surface area contributed by atoms with Gasteiger partial charge >= 0.3 is 26.2 Å². The molecule has 3 aromatic carbocycles. The Bertz CT molecular complexity index is 771. The molecule has 0 fully saturated rings. The van der Waals surface area contributed by atoms with E-state index >= 15 is 0 Å². The van der Waals surface area contributed by atoms with Crippen molar-refractivity contribution in [2.45, 2.75) is 6.42 Å². The fourth-order valence-electron chi connectivity index (χ4n) is 2.48. The molecule has 0 amide bonds. The molecule has 0 saturated carbocycles. The SMILES string of the molecule is COc1cccc2[cH-]c3ccccc3c12.[C-]1=CC=CC1.[CH3-].[CH3-].[Zr+4]. The molecule has 0 spiro atoms.